The van der Waals surface area contributed by atoms with Gasteiger partial charge in [-0.25, -0.2) is 9.97 Å². The fourth-order valence-electron chi connectivity index (χ4n) is 10.3. The summed E-state index contributed by atoms with van der Waals surface area (Å²) in [5, 5.41) is 4.72. The zero-order valence-electron chi connectivity index (χ0n) is 33.0. The summed E-state index contributed by atoms with van der Waals surface area (Å²) in [5.74, 6) is 2.42. The first-order valence-corrected chi connectivity index (χ1v) is 20.8. The lowest BCUT2D eigenvalue weighted by Crippen LogP contribution is -2.32. The van der Waals surface area contributed by atoms with Gasteiger partial charge in [0.25, 0.3) is 0 Å². The molecule has 0 saturated carbocycles. The zero-order valence-corrected chi connectivity index (χ0v) is 33.0. The molecule has 0 amide bonds. The Kier molecular flexibility index (Phi) is 7.19. The molecule has 1 aliphatic carbocycles. The van der Waals surface area contributed by atoms with Crippen molar-refractivity contribution < 1.29 is 4.74 Å². The minimum atomic E-state index is -0.620. The molecular formula is C57H35N3O. The van der Waals surface area contributed by atoms with Crippen molar-refractivity contribution in [3.05, 3.63) is 235 Å². The van der Waals surface area contributed by atoms with Gasteiger partial charge in [0.1, 0.15) is 11.5 Å². The topological polar surface area (TPSA) is 39.9 Å². The SMILES string of the molecule is c1ccc(-c2nc(-c3cccc(-n4c5ccccc5c5ccccc54)c3)cc(-c3ccc4c(c3)C3(c5ccccc5-c5ccccc53)c3ccc5ccccc5c3O4)n2)cc1. The summed E-state index contributed by atoms with van der Waals surface area (Å²) in [6, 6.07) is 75.9. The van der Waals surface area contributed by atoms with Crippen molar-refractivity contribution >= 4 is 32.6 Å². The van der Waals surface area contributed by atoms with Crippen LogP contribution in [0.3, 0.4) is 0 Å². The summed E-state index contributed by atoms with van der Waals surface area (Å²) in [6.45, 7) is 0. The third kappa shape index (κ3) is 4.87. The Morgan fingerprint density at radius 2 is 0.984 bits per heavy atom. The van der Waals surface area contributed by atoms with Crippen LogP contribution in [0.5, 0.6) is 11.5 Å². The number of nitrogens with zero attached hydrogens (tertiary/aromatic N) is 3. The number of hydrogen-bond acceptors (Lipinski definition) is 3. The highest BCUT2D eigenvalue weighted by atomic mass is 16.5. The van der Waals surface area contributed by atoms with Gasteiger partial charge in [-0.3, -0.25) is 0 Å². The highest BCUT2D eigenvalue weighted by Gasteiger charge is 2.51. The van der Waals surface area contributed by atoms with Crippen molar-refractivity contribution in [1.82, 2.24) is 14.5 Å². The van der Waals surface area contributed by atoms with Crippen molar-refractivity contribution in [3.63, 3.8) is 0 Å². The summed E-state index contributed by atoms with van der Waals surface area (Å²) in [5.41, 5.74) is 14.7. The fourth-order valence-corrected chi connectivity index (χ4v) is 10.3. The Morgan fingerprint density at radius 3 is 1.70 bits per heavy atom. The molecule has 61 heavy (non-hydrogen) atoms. The second-order valence-electron chi connectivity index (χ2n) is 16.1. The van der Waals surface area contributed by atoms with Gasteiger partial charge in [0.2, 0.25) is 0 Å². The molecule has 1 aliphatic heterocycles. The lowest BCUT2D eigenvalue weighted by molar-refractivity contribution is 0.442. The first-order chi connectivity index (χ1) is 30.2. The number of benzene rings is 9. The van der Waals surface area contributed by atoms with E-state index in [0.29, 0.717) is 5.82 Å². The van der Waals surface area contributed by atoms with Crippen molar-refractivity contribution in [2.24, 2.45) is 0 Å². The molecule has 4 heteroatoms. The maximum atomic E-state index is 7.06. The van der Waals surface area contributed by atoms with E-state index in [9.17, 15) is 0 Å². The zero-order chi connectivity index (χ0) is 40.1. The van der Waals surface area contributed by atoms with Crippen LogP contribution in [0, 0.1) is 0 Å². The minimum Gasteiger partial charge on any atom is -0.456 e. The van der Waals surface area contributed by atoms with Gasteiger partial charge >= 0.3 is 0 Å². The molecule has 3 heterocycles. The van der Waals surface area contributed by atoms with Crippen molar-refractivity contribution in [2.75, 3.05) is 0 Å². The number of ether oxygens (including phenoxy) is 1. The van der Waals surface area contributed by atoms with Gasteiger partial charge < -0.3 is 9.30 Å². The average molecular weight is 778 g/mol. The summed E-state index contributed by atoms with van der Waals surface area (Å²) < 4.78 is 9.42. The molecule has 0 unspecified atom stereocenters. The lowest BCUT2D eigenvalue weighted by atomic mass is 9.65. The van der Waals surface area contributed by atoms with Crippen LogP contribution in [-0.2, 0) is 5.41 Å². The molecule has 0 N–H and O–H groups in total. The Hall–Kier alpha value is -8.08. The average Bonchev–Trinajstić information content (AvgIpc) is 3.83. The molecule has 9 aromatic carbocycles. The van der Waals surface area contributed by atoms with Gasteiger partial charge in [0.15, 0.2) is 5.82 Å². The maximum Gasteiger partial charge on any atom is 0.160 e. The molecule has 0 fully saturated rings. The quantitative estimate of drug-likeness (QED) is 0.179. The standard InChI is InChI=1S/C57H35N3O/c1-2-16-37(17-3-1)56-58-50(38-18-14-19-40(33-38)60-52-27-12-8-23-44(52)45-24-9-13-28-53(45)60)35-51(59-56)39-30-32-54-49(34-39)57(48-31-29-36-15-4-5-20-41(36)55(48)61-54)46-25-10-6-21-42(46)43-22-7-11-26-47(43)57/h1-35H. The highest BCUT2D eigenvalue weighted by Crippen LogP contribution is 2.63. The summed E-state index contributed by atoms with van der Waals surface area (Å²) in [4.78, 5) is 10.6. The molecule has 11 aromatic rings. The largest absolute Gasteiger partial charge is 0.456 e. The van der Waals surface area contributed by atoms with E-state index < -0.39 is 5.41 Å². The number of fused-ring (bicyclic) bond motifs is 14. The van der Waals surface area contributed by atoms with Gasteiger partial charge in [0, 0.05) is 49.7 Å². The third-order valence-corrected chi connectivity index (χ3v) is 12.9. The number of hydrogen-bond donors (Lipinski definition) is 0. The van der Waals surface area contributed by atoms with E-state index in [4.69, 9.17) is 14.7 Å². The summed E-state index contributed by atoms with van der Waals surface area (Å²) in [6.07, 6.45) is 0. The van der Waals surface area contributed by atoms with E-state index in [1.54, 1.807) is 0 Å². The van der Waals surface area contributed by atoms with Gasteiger partial charge in [-0.1, -0.05) is 164 Å². The first kappa shape index (κ1) is 33.8. The number of para-hydroxylation sites is 2. The van der Waals surface area contributed by atoms with Gasteiger partial charge in [0.05, 0.1) is 27.8 Å². The second kappa shape index (κ2) is 13.0. The minimum absolute atomic E-state index is 0.620. The van der Waals surface area contributed by atoms with Crippen LogP contribution < -0.4 is 4.74 Å². The summed E-state index contributed by atoms with van der Waals surface area (Å²) >= 11 is 0. The predicted molar refractivity (Wildman–Crippen MR) is 248 cm³/mol. The number of rotatable bonds is 4. The number of aromatic nitrogens is 3. The van der Waals surface area contributed by atoms with Crippen LogP contribution in [0.4, 0.5) is 0 Å². The van der Waals surface area contributed by atoms with Crippen LogP contribution in [0.1, 0.15) is 22.3 Å². The monoisotopic (exact) mass is 777 g/mol. The Morgan fingerprint density at radius 1 is 0.393 bits per heavy atom. The molecule has 284 valence electrons. The van der Waals surface area contributed by atoms with E-state index in [0.717, 1.165) is 67.2 Å². The molecule has 4 nitrogen and oxygen atoms in total. The Balaban J connectivity index is 1.04. The van der Waals surface area contributed by atoms with Crippen LogP contribution in [0.25, 0.3) is 83.3 Å². The van der Waals surface area contributed by atoms with E-state index in [1.165, 1.54) is 44.1 Å². The molecule has 2 aromatic heterocycles. The molecule has 0 atom stereocenters. The Bertz CT molecular complexity index is 3490. The first-order valence-electron chi connectivity index (χ1n) is 20.8. The molecule has 2 aliphatic rings. The van der Waals surface area contributed by atoms with E-state index in [1.807, 2.05) is 18.2 Å². The van der Waals surface area contributed by atoms with Crippen molar-refractivity contribution in [2.45, 2.75) is 5.41 Å². The van der Waals surface area contributed by atoms with Gasteiger partial charge in [-0.15, -0.1) is 0 Å². The van der Waals surface area contributed by atoms with Crippen LogP contribution >= 0.6 is 0 Å². The van der Waals surface area contributed by atoms with Gasteiger partial charge in [-0.2, -0.15) is 0 Å². The van der Waals surface area contributed by atoms with Crippen molar-refractivity contribution in [3.8, 4) is 62.2 Å². The Labute approximate surface area is 352 Å². The molecule has 1 spiro atoms. The van der Waals surface area contributed by atoms with Gasteiger partial charge in [-0.05, 0) is 76.2 Å². The smallest absolute Gasteiger partial charge is 0.160 e. The van der Waals surface area contributed by atoms with Crippen LogP contribution in [-0.4, -0.2) is 14.5 Å². The second-order valence-corrected chi connectivity index (χ2v) is 16.1. The highest BCUT2D eigenvalue weighted by molar-refractivity contribution is 6.09. The van der Waals surface area contributed by atoms with Crippen LogP contribution in [0.15, 0.2) is 212 Å². The maximum absolute atomic E-state index is 7.06. The third-order valence-electron chi connectivity index (χ3n) is 12.9. The van der Waals surface area contributed by atoms with Crippen LogP contribution in [0.2, 0.25) is 0 Å². The van der Waals surface area contributed by atoms with E-state index in [-0.39, 0.29) is 0 Å². The van der Waals surface area contributed by atoms with Crippen molar-refractivity contribution in [1.29, 1.82) is 0 Å². The molecular weight excluding hydrogens is 743 g/mol. The molecule has 0 saturated heterocycles. The lowest BCUT2D eigenvalue weighted by Gasteiger charge is -2.40. The van der Waals surface area contributed by atoms with E-state index in [2.05, 4.69) is 199 Å². The molecule has 0 bridgehead atoms. The fraction of sp³-hybridized carbons (Fsp3) is 0.0175. The summed E-state index contributed by atoms with van der Waals surface area (Å²) in [7, 11) is 0. The van der Waals surface area contributed by atoms with E-state index >= 15 is 0 Å². The predicted octanol–water partition coefficient (Wildman–Crippen LogP) is 14.2. The molecule has 0 radical (unpaired) electrons. The molecule has 13 rings (SSSR count). The normalized spacial score (nSPS) is 13.2.